The Morgan fingerprint density at radius 2 is 1.54 bits per heavy atom. The number of amides is 5. The van der Waals surface area contributed by atoms with Gasteiger partial charge in [0, 0.05) is 44.0 Å². The number of carbonyl (C=O) groups excluding carboxylic acids is 5. The predicted molar refractivity (Wildman–Crippen MR) is 182 cm³/mol. The van der Waals surface area contributed by atoms with Gasteiger partial charge in [-0.15, -0.1) is 0 Å². The largest absolute Gasteiger partial charge is 0.354 e. The maximum atomic E-state index is 13.7. The van der Waals surface area contributed by atoms with Crippen molar-refractivity contribution in [3.63, 3.8) is 0 Å². The SMILES string of the molecule is CC(C)C[C@@H]1NC(=O)[C@@H](Cc2ccccc2)NC(=O)c2ccc(cc2)CN(C(=O)Cc2cccnc2)CCCCNC(=O)[C@@H](C)NC1=O. The number of aromatic nitrogens is 1. The van der Waals surface area contributed by atoms with E-state index in [0.717, 1.165) is 16.7 Å². The van der Waals surface area contributed by atoms with Gasteiger partial charge in [-0.05, 0) is 67.0 Å². The molecule has 0 saturated heterocycles. The molecule has 0 aliphatic carbocycles. The molecule has 11 nitrogen and oxygen atoms in total. The Bertz CT molecular complexity index is 1530. The minimum absolute atomic E-state index is 0.0608. The third-order valence-corrected chi connectivity index (χ3v) is 8.17. The molecule has 0 radical (unpaired) electrons. The number of fused-ring (bicyclic) bond motifs is 18. The van der Waals surface area contributed by atoms with Gasteiger partial charge < -0.3 is 26.2 Å². The van der Waals surface area contributed by atoms with E-state index < -0.39 is 35.8 Å². The number of nitrogens with one attached hydrogen (secondary N) is 4. The summed E-state index contributed by atoms with van der Waals surface area (Å²) in [5, 5.41) is 11.3. The van der Waals surface area contributed by atoms with Crippen molar-refractivity contribution < 1.29 is 24.0 Å². The average Bonchev–Trinajstić information content (AvgIpc) is 3.07. The number of carbonyl (C=O) groups is 5. The first-order chi connectivity index (χ1) is 23.1. The summed E-state index contributed by atoms with van der Waals surface area (Å²) in [6.45, 7) is 6.66. The molecule has 0 unspecified atom stereocenters. The van der Waals surface area contributed by atoms with Crippen LogP contribution in [0.25, 0.3) is 0 Å². The van der Waals surface area contributed by atoms with Crippen LogP contribution in [0.5, 0.6) is 0 Å². The van der Waals surface area contributed by atoms with Crippen molar-refractivity contribution in [3.05, 3.63) is 101 Å². The van der Waals surface area contributed by atoms with Crippen LogP contribution in [-0.2, 0) is 38.6 Å². The Morgan fingerprint density at radius 3 is 2.23 bits per heavy atom. The Kier molecular flexibility index (Phi) is 13.2. The number of hydrogen-bond acceptors (Lipinski definition) is 6. The second-order valence-corrected chi connectivity index (χ2v) is 12.7. The number of rotatable bonds is 6. The minimum Gasteiger partial charge on any atom is -0.354 e. The van der Waals surface area contributed by atoms with Gasteiger partial charge >= 0.3 is 0 Å². The molecule has 254 valence electrons. The van der Waals surface area contributed by atoms with Crippen LogP contribution in [0, 0.1) is 5.92 Å². The maximum absolute atomic E-state index is 13.7. The molecule has 2 bridgehead atoms. The van der Waals surface area contributed by atoms with Gasteiger partial charge in [-0.3, -0.25) is 29.0 Å². The number of pyridine rings is 1. The van der Waals surface area contributed by atoms with Gasteiger partial charge in [0.1, 0.15) is 18.1 Å². The first-order valence-electron chi connectivity index (χ1n) is 16.6. The molecule has 11 heteroatoms. The molecular weight excluding hydrogens is 608 g/mol. The third-order valence-electron chi connectivity index (χ3n) is 8.17. The molecule has 5 amide bonds. The molecule has 4 N–H and O–H groups in total. The number of nitrogens with zero attached hydrogens (tertiary/aromatic N) is 2. The molecule has 3 heterocycles. The maximum Gasteiger partial charge on any atom is 0.251 e. The highest BCUT2D eigenvalue weighted by Gasteiger charge is 2.29. The highest BCUT2D eigenvalue weighted by molar-refractivity contribution is 5.99. The molecule has 5 rings (SSSR count). The lowest BCUT2D eigenvalue weighted by molar-refractivity contribution is -0.132. The topological polar surface area (TPSA) is 150 Å². The van der Waals surface area contributed by atoms with E-state index in [2.05, 4.69) is 26.3 Å². The van der Waals surface area contributed by atoms with Crippen molar-refractivity contribution in [1.82, 2.24) is 31.2 Å². The fourth-order valence-corrected chi connectivity index (χ4v) is 5.51. The standard InChI is InChI=1S/C37H46N6O5/c1-25(2)20-31-36(47)40-26(3)34(45)39-18-7-8-19-43(33(44)22-29-12-9-17-38-23-29)24-28-13-15-30(16-14-28)35(46)41-32(37(48)42-31)21-27-10-5-4-6-11-27/h4-6,9-17,23,25-26,31-32H,7-8,18-22,24H2,1-3H3,(H,39,45)(H,40,47)(H,41,46)(H,42,48)/t26-,31+,32-/m1/s1. The lowest BCUT2D eigenvalue weighted by atomic mass is 10.0. The van der Waals surface area contributed by atoms with Crippen LogP contribution in [0.15, 0.2) is 79.1 Å². The van der Waals surface area contributed by atoms with Crippen molar-refractivity contribution in [2.45, 2.75) is 77.5 Å². The van der Waals surface area contributed by atoms with Crippen LogP contribution in [0.1, 0.15) is 67.1 Å². The zero-order valence-electron chi connectivity index (χ0n) is 27.9. The second kappa shape index (κ2) is 17.7. The lowest BCUT2D eigenvalue weighted by Gasteiger charge is -2.25. The van der Waals surface area contributed by atoms with E-state index in [0.29, 0.717) is 44.5 Å². The van der Waals surface area contributed by atoms with E-state index >= 15 is 0 Å². The lowest BCUT2D eigenvalue weighted by Crippen LogP contribution is -2.57. The van der Waals surface area contributed by atoms with E-state index in [-0.39, 0.29) is 30.6 Å². The Labute approximate surface area is 282 Å². The monoisotopic (exact) mass is 654 g/mol. The van der Waals surface area contributed by atoms with Gasteiger partial charge in [0.15, 0.2) is 0 Å². The molecule has 0 spiro atoms. The Morgan fingerprint density at radius 1 is 0.833 bits per heavy atom. The van der Waals surface area contributed by atoms with Crippen LogP contribution in [-0.4, -0.2) is 70.6 Å². The average molecular weight is 655 g/mol. The quantitative estimate of drug-likeness (QED) is 0.301. The van der Waals surface area contributed by atoms with Gasteiger partial charge in [0.25, 0.3) is 5.91 Å². The second-order valence-electron chi connectivity index (χ2n) is 12.7. The van der Waals surface area contributed by atoms with Gasteiger partial charge in [-0.25, -0.2) is 0 Å². The van der Waals surface area contributed by atoms with Crippen molar-refractivity contribution in [3.8, 4) is 0 Å². The van der Waals surface area contributed by atoms with Gasteiger partial charge in [0.05, 0.1) is 6.42 Å². The molecule has 3 atom stereocenters. The molecule has 48 heavy (non-hydrogen) atoms. The van der Waals surface area contributed by atoms with E-state index in [1.807, 2.05) is 50.2 Å². The first kappa shape index (κ1) is 35.8. The molecule has 2 aliphatic rings. The van der Waals surface area contributed by atoms with Crippen molar-refractivity contribution in [2.24, 2.45) is 5.92 Å². The van der Waals surface area contributed by atoms with Gasteiger partial charge in [-0.1, -0.05) is 62.4 Å². The molecule has 0 fully saturated rings. The molecule has 0 saturated carbocycles. The molecule has 3 aromatic rings. The Balaban J connectivity index is 1.60. The van der Waals surface area contributed by atoms with E-state index in [9.17, 15) is 24.0 Å². The zero-order chi connectivity index (χ0) is 34.5. The molecular formula is C37H46N6O5. The fraction of sp³-hybridized carbons (Fsp3) is 0.405. The summed E-state index contributed by atoms with van der Waals surface area (Å²) < 4.78 is 0. The van der Waals surface area contributed by atoms with Crippen molar-refractivity contribution in [1.29, 1.82) is 0 Å². The molecule has 2 aliphatic heterocycles. The summed E-state index contributed by atoms with van der Waals surface area (Å²) in [6, 6.07) is 17.2. The smallest absolute Gasteiger partial charge is 0.251 e. The van der Waals surface area contributed by atoms with E-state index in [1.165, 1.54) is 0 Å². The van der Waals surface area contributed by atoms with Crippen LogP contribution < -0.4 is 21.3 Å². The summed E-state index contributed by atoms with van der Waals surface area (Å²) in [5.41, 5.74) is 2.85. The van der Waals surface area contributed by atoms with Crippen LogP contribution in [0.3, 0.4) is 0 Å². The highest BCUT2D eigenvalue weighted by atomic mass is 16.2. The van der Waals surface area contributed by atoms with Crippen LogP contribution in [0.2, 0.25) is 0 Å². The van der Waals surface area contributed by atoms with Crippen molar-refractivity contribution >= 4 is 29.5 Å². The predicted octanol–water partition coefficient (Wildman–Crippen LogP) is 2.94. The highest BCUT2D eigenvalue weighted by Crippen LogP contribution is 2.13. The summed E-state index contributed by atoms with van der Waals surface area (Å²) in [4.78, 5) is 72.7. The molecule has 1 aromatic heterocycles. The Hall–Kier alpha value is -5.06. The van der Waals surface area contributed by atoms with Crippen LogP contribution >= 0.6 is 0 Å². The fourth-order valence-electron chi connectivity index (χ4n) is 5.51. The first-order valence-corrected chi connectivity index (χ1v) is 16.6. The van der Waals surface area contributed by atoms with E-state index in [1.54, 1.807) is 54.5 Å². The zero-order valence-corrected chi connectivity index (χ0v) is 27.9. The minimum atomic E-state index is -0.975. The molecule has 2 aromatic carbocycles. The summed E-state index contributed by atoms with van der Waals surface area (Å²) in [5.74, 6) is -1.76. The van der Waals surface area contributed by atoms with E-state index in [4.69, 9.17) is 0 Å². The summed E-state index contributed by atoms with van der Waals surface area (Å²) in [7, 11) is 0. The number of benzene rings is 2. The third kappa shape index (κ3) is 11.0. The van der Waals surface area contributed by atoms with Gasteiger partial charge in [0.2, 0.25) is 23.6 Å². The van der Waals surface area contributed by atoms with Crippen LogP contribution in [0.4, 0.5) is 0 Å². The van der Waals surface area contributed by atoms with Gasteiger partial charge in [-0.2, -0.15) is 0 Å². The van der Waals surface area contributed by atoms with Crippen molar-refractivity contribution in [2.75, 3.05) is 13.1 Å². The summed E-state index contributed by atoms with van der Waals surface area (Å²) in [6.07, 6.45) is 5.35. The number of hydrogen-bond donors (Lipinski definition) is 4. The normalized spacial score (nSPS) is 20.2. The summed E-state index contributed by atoms with van der Waals surface area (Å²) >= 11 is 0.